The first-order chi connectivity index (χ1) is 15.9. The molecule has 3 rings (SSSR count). The second-order valence-corrected chi connectivity index (χ2v) is 8.24. The molecule has 1 atom stereocenters. The number of amides is 4. The molecule has 0 saturated carbocycles. The molecule has 2 aromatic carbocycles. The first-order valence-electron chi connectivity index (χ1n) is 11.4. The molecule has 174 valence electrons. The Morgan fingerprint density at radius 3 is 2.12 bits per heavy atom. The number of aryl methyl sites for hydroxylation is 1. The van der Waals surface area contributed by atoms with Gasteiger partial charge in [0.15, 0.2) is 0 Å². The van der Waals surface area contributed by atoms with E-state index in [1.807, 2.05) is 45.0 Å². The van der Waals surface area contributed by atoms with E-state index in [1.165, 1.54) is 4.90 Å². The van der Waals surface area contributed by atoms with Crippen molar-refractivity contribution in [1.82, 2.24) is 15.1 Å². The monoisotopic (exact) mass is 449 g/mol. The Kier molecular flexibility index (Phi) is 7.98. The van der Waals surface area contributed by atoms with E-state index in [-0.39, 0.29) is 36.6 Å². The minimum absolute atomic E-state index is 0.134. The molecular formula is C26H31N3O4. The summed E-state index contributed by atoms with van der Waals surface area (Å²) < 4.78 is 0. The standard InChI is InChI=1S/C26H31N3O4/c1-4-22(24(31)27-5-2)29(17-19-14-12-18(3)13-15-19)23(30)11-8-16-28-25(32)20-9-6-7-10-21(20)26(28)33/h6-7,9-10,12-15,22H,4-5,8,11,16-17H2,1-3H3,(H,27,31)/t22-/m1/s1. The zero-order valence-electron chi connectivity index (χ0n) is 19.5. The highest BCUT2D eigenvalue weighted by atomic mass is 16.2. The molecule has 33 heavy (non-hydrogen) atoms. The van der Waals surface area contributed by atoms with E-state index in [0.717, 1.165) is 11.1 Å². The Balaban J connectivity index is 1.69. The molecule has 0 saturated heterocycles. The first kappa shape index (κ1) is 24.2. The molecule has 1 N–H and O–H groups in total. The molecule has 1 aliphatic rings. The minimum atomic E-state index is -0.585. The Hall–Kier alpha value is -3.48. The number of nitrogens with one attached hydrogen (secondary N) is 1. The number of benzene rings is 2. The molecule has 1 heterocycles. The van der Waals surface area contributed by atoms with Crippen molar-refractivity contribution in [1.29, 1.82) is 0 Å². The van der Waals surface area contributed by atoms with Gasteiger partial charge in [-0.2, -0.15) is 0 Å². The summed E-state index contributed by atoms with van der Waals surface area (Å²) in [5.74, 6) is -1.01. The van der Waals surface area contributed by atoms with Gasteiger partial charge in [-0.15, -0.1) is 0 Å². The Morgan fingerprint density at radius 2 is 1.58 bits per heavy atom. The molecule has 0 aromatic heterocycles. The van der Waals surface area contributed by atoms with Crippen LogP contribution in [-0.4, -0.2) is 52.6 Å². The summed E-state index contributed by atoms with van der Waals surface area (Å²) in [6, 6.07) is 14.0. The summed E-state index contributed by atoms with van der Waals surface area (Å²) in [5.41, 5.74) is 2.86. The molecule has 4 amide bonds. The summed E-state index contributed by atoms with van der Waals surface area (Å²) in [5, 5.41) is 2.82. The van der Waals surface area contributed by atoms with E-state index in [1.54, 1.807) is 29.2 Å². The van der Waals surface area contributed by atoms with Gasteiger partial charge in [0.1, 0.15) is 6.04 Å². The zero-order chi connectivity index (χ0) is 24.0. The van der Waals surface area contributed by atoms with E-state index < -0.39 is 6.04 Å². The van der Waals surface area contributed by atoms with Crippen LogP contribution in [0.2, 0.25) is 0 Å². The van der Waals surface area contributed by atoms with Gasteiger partial charge in [-0.05, 0) is 44.4 Å². The largest absolute Gasteiger partial charge is 0.355 e. The average Bonchev–Trinajstić information content (AvgIpc) is 3.05. The lowest BCUT2D eigenvalue weighted by Crippen LogP contribution is -2.49. The maximum atomic E-state index is 13.2. The molecule has 1 aliphatic heterocycles. The number of likely N-dealkylation sites (N-methyl/N-ethyl adjacent to an activating group) is 1. The van der Waals surface area contributed by atoms with E-state index in [4.69, 9.17) is 0 Å². The minimum Gasteiger partial charge on any atom is -0.355 e. The van der Waals surface area contributed by atoms with Gasteiger partial charge in [0.25, 0.3) is 11.8 Å². The van der Waals surface area contributed by atoms with Crippen molar-refractivity contribution in [3.63, 3.8) is 0 Å². The highest BCUT2D eigenvalue weighted by Gasteiger charge is 2.35. The van der Waals surface area contributed by atoms with Crippen molar-refractivity contribution in [2.45, 2.75) is 52.6 Å². The molecule has 0 bridgehead atoms. The lowest BCUT2D eigenvalue weighted by atomic mass is 10.1. The van der Waals surface area contributed by atoms with Crippen molar-refractivity contribution < 1.29 is 19.2 Å². The smallest absolute Gasteiger partial charge is 0.261 e. The van der Waals surface area contributed by atoms with Gasteiger partial charge in [0.05, 0.1) is 11.1 Å². The zero-order valence-corrected chi connectivity index (χ0v) is 19.5. The SMILES string of the molecule is CCNC(=O)[C@@H](CC)N(Cc1ccc(C)cc1)C(=O)CCCN1C(=O)c2ccccc2C1=O. The van der Waals surface area contributed by atoms with Crippen molar-refractivity contribution in [3.05, 3.63) is 70.8 Å². The van der Waals surface area contributed by atoms with Crippen LogP contribution in [0.25, 0.3) is 0 Å². The fraction of sp³-hybridized carbons (Fsp3) is 0.385. The normalized spacial score (nSPS) is 13.6. The lowest BCUT2D eigenvalue weighted by Gasteiger charge is -2.31. The Bertz CT molecular complexity index is 997. The number of hydrogen-bond acceptors (Lipinski definition) is 4. The van der Waals surface area contributed by atoms with E-state index >= 15 is 0 Å². The second kappa shape index (κ2) is 10.9. The van der Waals surface area contributed by atoms with Crippen LogP contribution in [0.3, 0.4) is 0 Å². The highest BCUT2D eigenvalue weighted by molar-refractivity contribution is 6.21. The maximum absolute atomic E-state index is 13.2. The first-order valence-corrected chi connectivity index (χ1v) is 11.4. The van der Waals surface area contributed by atoms with Crippen molar-refractivity contribution in [3.8, 4) is 0 Å². The van der Waals surface area contributed by atoms with Gasteiger partial charge >= 0.3 is 0 Å². The predicted octanol–water partition coefficient (Wildman–Crippen LogP) is 3.31. The third-order valence-electron chi connectivity index (χ3n) is 5.86. The van der Waals surface area contributed by atoms with Crippen LogP contribution in [0.4, 0.5) is 0 Å². The van der Waals surface area contributed by atoms with Gasteiger partial charge in [-0.1, -0.05) is 48.9 Å². The Labute approximate surface area is 194 Å². The van der Waals surface area contributed by atoms with Crippen molar-refractivity contribution in [2.75, 3.05) is 13.1 Å². The van der Waals surface area contributed by atoms with Crippen molar-refractivity contribution >= 4 is 23.6 Å². The molecule has 0 fully saturated rings. The molecular weight excluding hydrogens is 418 g/mol. The predicted molar refractivity (Wildman–Crippen MR) is 126 cm³/mol. The van der Waals surface area contributed by atoms with Crippen LogP contribution in [0, 0.1) is 6.92 Å². The summed E-state index contributed by atoms with van der Waals surface area (Å²) in [6.45, 7) is 6.69. The highest BCUT2D eigenvalue weighted by Crippen LogP contribution is 2.23. The quantitative estimate of drug-likeness (QED) is 0.564. The van der Waals surface area contributed by atoms with E-state index in [9.17, 15) is 19.2 Å². The van der Waals surface area contributed by atoms with Crippen LogP contribution in [0.1, 0.15) is 65.0 Å². The van der Waals surface area contributed by atoms with Crippen LogP contribution < -0.4 is 5.32 Å². The fourth-order valence-corrected chi connectivity index (χ4v) is 4.08. The lowest BCUT2D eigenvalue weighted by molar-refractivity contribution is -0.141. The average molecular weight is 450 g/mol. The van der Waals surface area contributed by atoms with E-state index in [0.29, 0.717) is 37.1 Å². The van der Waals surface area contributed by atoms with Crippen LogP contribution in [0.5, 0.6) is 0 Å². The summed E-state index contributed by atoms with van der Waals surface area (Å²) in [6.07, 6.45) is 0.956. The molecule has 7 heteroatoms. The van der Waals surface area contributed by atoms with E-state index in [2.05, 4.69) is 5.32 Å². The van der Waals surface area contributed by atoms with Gasteiger partial charge in [0, 0.05) is 26.1 Å². The van der Waals surface area contributed by atoms with Gasteiger partial charge in [-0.3, -0.25) is 24.1 Å². The maximum Gasteiger partial charge on any atom is 0.261 e. The summed E-state index contributed by atoms with van der Waals surface area (Å²) in [7, 11) is 0. The number of carbonyl (C=O) groups is 4. The number of imide groups is 1. The second-order valence-electron chi connectivity index (χ2n) is 8.24. The number of nitrogens with zero attached hydrogens (tertiary/aromatic N) is 2. The molecule has 2 aromatic rings. The van der Waals surface area contributed by atoms with Crippen LogP contribution in [-0.2, 0) is 16.1 Å². The van der Waals surface area contributed by atoms with Crippen molar-refractivity contribution in [2.24, 2.45) is 0 Å². The third kappa shape index (κ3) is 5.48. The molecule has 7 nitrogen and oxygen atoms in total. The number of fused-ring (bicyclic) bond motifs is 1. The molecule has 0 spiro atoms. The Morgan fingerprint density at radius 1 is 0.970 bits per heavy atom. The summed E-state index contributed by atoms with van der Waals surface area (Å²) >= 11 is 0. The molecule has 0 aliphatic carbocycles. The van der Waals surface area contributed by atoms with Crippen LogP contribution in [0.15, 0.2) is 48.5 Å². The molecule has 0 unspecified atom stereocenters. The third-order valence-corrected chi connectivity index (χ3v) is 5.86. The topological polar surface area (TPSA) is 86.8 Å². The number of rotatable bonds is 10. The fourth-order valence-electron chi connectivity index (χ4n) is 4.08. The van der Waals surface area contributed by atoms with Gasteiger partial charge in [-0.25, -0.2) is 0 Å². The molecule has 0 radical (unpaired) electrons. The van der Waals surface area contributed by atoms with Gasteiger partial charge in [0.2, 0.25) is 11.8 Å². The summed E-state index contributed by atoms with van der Waals surface area (Å²) in [4.78, 5) is 53.8. The number of hydrogen-bond donors (Lipinski definition) is 1. The number of carbonyl (C=O) groups excluding carboxylic acids is 4. The van der Waals surface area contributed by atoms with Gasteiger partial charge < -0.3 is 10.2 Å². The van der Waals surface area contributed by atoms with Crippen LogP contribution >= 0.6 is 0 Å².